The van der Waals surface area contributed by atoms with Crippen LogP contribution in [0.25, 0.3) is 0 Å². The molecule has 152 valence electrons. The van der Waals surface area contributed by atoms with Gasteiger partial charge in [-0.2, -0.15) is 0 Å². The average Bonchev–Trinajstić information content (AvgIpc) is 2.64. The molecule has 1 amide bonds. The van der Waals surface area contributed by atoms with Gasteiger partial charge < -0.3 is 10.2 Å². The highest BCUT2D eigenvalue weighted by atomic mass is 32.2. The second-order valence-electron chi connectivity index (χ2n) is 6.97. The van der Waals surface area contributed by atoms with Crippen LogP contribution in [0.1, 0.15) is 17.5 Å². The first-order valence-corrected chi connectivity index (χ1v) is 11.1. The molecule has 2 rings (SSSR count). The molecule has 0 saturated heterocycles. The molecule has 0 aliphatic heterocycles. The number of sulfonamides is 1. The van der Waals surface area contributed by atoms with Crippen molar-refractivity contribution in [3.05, 3.63) is 59.7 Å². The van der Waals surface area contributed by atoms with E-state index < -0.39 is 10.0 Å². The molecule has 0 bridgehead atoms. The first-order valence-electron chi connectivity index (χ1n) is 9.27. The van der Waals surface area contributed by atoms with Crippen LogP contribution in [0.4, 0.5) is 11.4 Å². The molecule has 0 saturated carbocycles. The van der Waals surface area contributed by atoms with E-state index in [2.05, 4.69) is 10.2 Å². The van der Waals surface area contributed by atoms with Crippen LogP contribution in [0.2, 0.25) is 0 Å². The topological polar surface area (TPSA) is 69.7 Å². The lowest BCUT2D eigenvalue weighted by atomic mass is 10.1. The molecule has 0 atom stereocenters. The molecule has 0 radical (unpaired) electrons. The molecule has 0 unspecified atom stereocenters. The summed E-state index contributed by atoms with van der Waals surface area (Å²) < 4.78 is 25.8. The van der Waals surface area contributed by atoms with Crippen LogP contribution in [-0.2, 0) is 14.8 Å². The third-order valence-corrected chi connectivity index (χ3v) is 5.68. The highest BCUT2D eigenvalue weighted by Gasteiger charge is 2.23. The Hall–Kier alpha value is -2.54. The Balaban J connectivity index is 1.92. The molecule has 0 heterocycles. The molecule has 6 nitrogen and oxygen atoms in total. The Kier molecular flexibility index (Phi) is 7.45. The molecule has 1 N–H and O–H groups in total. The molecule has 28 heavy (non-hydrogen) atoms. The molecule has 7 heteroatoms. The zero-order chi connectivity index (χ0) is 20.7. The molecule has 0 aliphatic carbocycles. The average molecular weight is 404 g/mol. The highest BCUT2D eigenvalue weighted by Crippen LogP contribution is 2.26. The summed E-state index contributed by atoms with van der Waals surface area (Å²) in [5, 5.41) is 2.83. The SMILES string of the molecule is Cc1cccc(C)c1N(CC(=O)NCCCN(C)c1ccccc1)S(C)(=O)=O. The van der Waals surface area contributed by atoms with Gasteiger partial charge in [0.15, 0.2) is 0 Å². The summed E-state index contributed by atoms with van der Waals surface area (Å²) >= 11 is 0. The van der Waals surface area contributed by atoms with E-state index in [4.69, 9.17) is 0 Å². The fraction of sp³-hybridized carbons (Fsp3) is 0.381. The maximum absolute atomic E-state index is 12.4. The standard InChI is InChI=1S/C21H29N3O3S/c1-17-10-8-11-18(2)21(17)24(28(4,26)27)16-20(25)22-14-9-15-23(3)19-12-6-5-7-13-19/h5-8,10-13H,9,14-16H2,1-4H3,(H,22,25). The molecule has 0 aromatic heterocycles. The van der Waals surface area contributed by atoms with Crippen molar-refractivity contribution in [1.82, 2.24) is 5.32 Å². The number of amides is 1. The maximum atomic E-state index is 12.4. The van der Waals surface area contributed by atoms with E-state index in [1.165, 1.54) is 4.31 Å². The number of nitrogens with one attached hydrogen (secondary N) is 1. The molecule has 0 spiro atoms. The second-order valence-corrected chi connectivity index (χ2v) is 8.88. The minimum absolute atomic E-state index is 0.223. The summed E-state index contributed by atoms with van der Waals surface area (Å²) in [4.78, 5) is 14.5. The zero-order valence-electron chi connectivity index (χ0n) is 17.0. The zero-order valence-corrected chi connectivity index (χ0v) is 17.8. The van der Waals surface area contributed by atoms with E-state index in [1.807, 2.05) is 69.4 Å². The molecular formula is C21H29N3O3S. The van der Waals surface area contributed by atoms with Gasteiger partial charge in [0.25, 0.3) is 0 Å². The summed E-state index contributed by atoms with van der Waals surface area (Å²) in [6.07, 6.45) is 1.89. The number of carbonyl (C=O) groups is 1. The Bertz CT molecular complexity index is 878. The first kappa shape index (κ1) is 21.8. The number of aryl methyl sites for hydroxylation is 2. The van der Waals surface area contributed by atoms with Gasteiger partial charge in [0.1, 0.15) is 6.54 Å². The number of benzene rings is 2. The minimum atomic E-state index is -3.57. The number of nitrogens with zero attached hydrogens (tertiary/aromatic N) is 2. The second kappa shape index (κ2) is 9.59. The van der Waals surface area contributed by atoms with Crippen LogP contribution >= 0.6 is 0 Å². The van der Waals surface area contributed by atoms with Crippen molar-refractivity contribution in [3.8, 4) is 0 Å². The van der Waals surface area contributed by atoms with E-state index >= 15 is 0 Å². The molecule has 2 aromatic carbocycles. The summed E-state index contributed by atoms with van der Waals surface area (Å²) in [7, 11) is -1.57. The van der Waals surface area contributed by atoms with Crippen LogP contribution in [0.5, 0.6) is 0 Å². The number of anilines is 2. The van der Waals surface area contributed by atoms with Crippen molar-refractivity contribution in [2.24, 2.45) is 0 Å². The van der Waals surface area contributed by atoms with Gasteiger partial charge >= 0.3 is 0 Å². The van der Waals surface area contributed by atoms with E-state index in [0.717, 1.165) is 36.0 Å². The smallest absolute Gasteiger partial charge is 0.240 e. The normalized spacial score (nSPS) is 11.1. The van der Waals surface area contributed by atoms with Crippen LogP contribution < -0.4 is 14.5 Å². The van der Waals surface area contributed by atoms with Crippen molar-refractivity contribution in [2.45, 2.75) is 20.3 Å². The van der Waals surface area contributed by atoms with Gasteiger partial charge in [-0.1, -0.05) is 36.4 Å². The van der Waals surface area contributed by atoms with Crippen molar-refractivity contribution in [3.63, 3.8) is 0 Å². The van der Waals surface area contributed by atoms with Crippen LogP contribution in [0.3, 0.4) is 0 Å². The third kappa shape index (κ3) is 5.99. The number of hydrogen-bond acceptors (Lipinski definition) is 4. The number of para-hydroxylation sites is 2. The van der Waals surface area contributed by atoms with Gasteiger partial charge in [-0.15, -0.1) is 0 Å². The Morgan fingerprint density at radius 3 is 2.18 bits per heavy atom. The summed E-state index contributed by atoms with van der Waals surface area (Å²) in [6.45, 7) is 4.74. The fourth-order valence-electron chi connectivity index (χ4n) is 3.10. The number of carbonyl (C=O) groups excluding carboxylic acids is 1. The van der Waals surface area contributed by atoms with Crippen LogP contribution in [0.15, 0.2) is 48.5 Å². The monoisotopic (exact) mass is 403 g/mol. The van der Waals surface area contributed by atoms with E-state index in [0.29, 0.717) is 12.2 Å². The Morgan fingerprint density at radius 1 is 1.00 bits per heavy atom. The van der Waals surface area contributed by atoms with E-state index in [1.54, 1.807) is 0 Å². The number of rotatable bonds is 9. The van der Waals surface area contributed by atoms with Crippen LogP contribution in [0, 0.1) is 13.8 Å². The summed E-state index contributed by atoms with van der Waals surface area (Å²) in [5.41, 5.74) is 3.33. The predicted molar refractivity (Wildman–Crippen MR) is 115 cm³/mol. The fourth-order valence-corrected chi connectivity index (χ4v) is 4.07. The maximum Gasteiger partial charge on any atom is 0.240 e. The van der Waals surface area contributed by atoms with Gasteiger partial charge in [-0.05, 0) is 43.5 Å². The lowest BCUT2D eigenvalue weighted by molar-refractivity contribution is -0.119. The predicted octanol–water partition coefficient (Wildman–Crippen LogP) is 2.71. The Labute approximate surface area is 168 Å². The molecule has 0 aliphatic rings. The largest absolute Gasteiger partial charge is 0.375 e. The Morgan fingerprint density at radius 2 is 1.61 bits per heavy atom. The van der Waals surface area contributed by atoms with Gasteiger partial charge in [-0.25, -0.2) is 8.42 Å². The number of hydrogen-bond donors (Lipinski definition) is 1. The summed E-state index contributed by atoms with van der Waals surface area (Å²) in [5.74, 6) is -0.310. The van der Waals surface area contributed by atoms with Gasteiger partial charge in [-0.3, -0.25) is 9.10 Å². The van der Waals surface area contributed by atoms with E-state index in [9.17, 15) is 13.2 Å². The van der Waals surface area contributed by atoms with Crippen LogP contribution in [-0.4, -0.2) is 47.3 Å². The summed E-state index contributed by atoms with van der Waals surface area (Å²) in [6, 6.07) is 15.6. The van der Waals surface area contributed by atoms with Gasteiger partial charge in [0, 0.05) is 25.8 Å². The van der Waals surface area contributed by atoms with Crippen molar-refractivity contribution in [2.75, 3.05) is 42.1 Å². The lowest BCUT2D eigenvalue weighted by Crippen LogP contribution is -2.41. The van der Waals surface area contributed by atoms with Gasteiger partial charge in [0.2, 0.25) is 15.9 Å². The van der Waals surface area contributed by atoms with Gasteiger partial charge in [0.05, 0.1) is 11.9 Å². The minimum Gasteiger partial charge on any atom is -0.375 e. The quantitative estimate of drug-likeness (QED) is 0.654. The first-order chi connectivity index (χ1) is 13.2. The van der Waals surface area contributed by atoms with Crippen molar-refractivity contribution < 1.29 is 13.2 Å². The molecule has 2 aromatic rings. The molecule has 0 fully saturated rings. The van der Waals surface area contributed by atoms with Crippen molar-refractivity contribution in [1.29, 1.82) is 0 Å². The highest BCUT2D eigenvalue weighted by molar-refractivity contribution is 7.92. The molecular weight excluding hydrogens is 374 g/mol. The lowest BCUT2D eigenvalue weighted by Gasteiger charge is -2.25. The van der Waals surface area contributed by atoms with Crippen molar-refractivity contribution >= 4 is 27.3 Å². The third-order valence-electron chi connectivity index (χ3n) is 4.57. The van der Waals surface area contributed by atoms with E-state index in [-0.39, 0.29) is 12.5 Å².